The van der Waals surface area contributed by atoms with Crippen molar-refractivity contribution < 1.29 is 49.0 Å². The molecule has 3 aliphatic rings. The number of hydrogen-bond donors (Lipinski definition) is 5. The molecule has 0 bridgehead atoms. The molecule has 0 radical (unpaired) electrons. The molecule has 40 heavy (non-hydrogen) atoms. The molecule has 0 aromatic heterocycles. The number of fused-ring (bicyclic) bond motifs is 3. The van der Waals surface area contributed by atoms with Gasteiger partial charge in [-0.3, -0.25) is 14.4 Å². The van der Waals surface area contributed by atoms with Gasteiger partial charge in [-0.1, -0.05) is 17.3 Å². The molecule has 0 saturated carbocycles. The minimum Gasteiger partial charge on any atom is -0.507 e. The van der Waals surface area contributed by atoms with E-state index in [2.05, 4.69) is 5.18 Å². The van der Waals surface area contributed by atoms with Gasteiger partial charge in [-0.05, 0) is 13.0 Å². The second-order valence-corrected chi connectivity index (χ2v) is 10.3. The lowest BCUT2D eigenvalue weighted by atomic mass is 9.71. The van der Waals surface area contributed by atoms with Gasteiger partial charge < -0.3 is 40.4 Å². The van der Waals surface area contributed by atoms with Crippen LogP contribution in [-0.2, 0) is 20.7 Å². The van der Waals surface area contributed by atoms with E-state index >= 15 is 0 Å². The Hall–Kier alpha value is -3.75. The van der Waals surface area contributed by atoms with Crippen LogP contribution in [0.1, 0.15) is 68.8 Å². The maximum Gasteiger partial charge on any atom is 0.202 e. The zero-order valence-electron chi connectivity index (χ0n) is 21.6. The lowest BCUT2D eigenvalue weighted by molar-refractivity contribution is -0.247. The Kier molecular flexibility index (Phi) is 6.96. The van der Waals surface area contributed by atoms with Gasteiger partial charge in [-0.25, -0.2) is 0 Å². The number of aliphatic hydroxyl groups excluding tert-OH is 1. The number of methoxy groups -OCH3 is 1. The third-order valence-corrected chi connectivity index (χ3v) is 7.87. The number of hydrogen-bond acceptors (Lipinski definition) is 13. The van der Waals surface area contributed by atoms with E-state index in [9.17, 15) is 39.7 Å². The summed E-state index contributed by atoms with van der Waals surface area (Å²) in [5.74, 6) is -3.86. The number of phenols is 2. The number of rotatable bonds is 6. The molecule has 0 amide bonds. The molecule has 2 aliphatic carbocycles. The molecule has 0 spiro atoms. The molecule has 6 N–H and O–H groups in total. The van der Waals surface area contributed by atoms with Crippen molar-refractivity contribution in [3.63, 3.8) is 0 Å². The van der Waals surface area contributed by atoms with Crippen LogP contribution in [0, 0.1) is 4.91 Å². The van der Waals surface area contributed by atoms with E-state index in [1.54, 1.807) is 6.92 Å². The molecule has 5 rings (SSSR count). The molecule has 1 aliphatic heterocycles. The summed E-state index contributed by atoms with van der Waals surface area (Å²) in [6, 6.07) is 3.59. The quantitative estimate of drug-likeness (QED) is 0.210. The summed E-state index contributed by atoms with van der Waals surface area (Å²) in [4.78, 5) is 50.8. The molecule has 2 aromatic rings. The van der Waals surface area contributed by atoms with Crippen LogP contribution in [0.2, 0.25) is 0 Å². The second kappa shape index (κ2) is 10.0. The summed E-state index contributed by atoms with van der Waals surface area (Å²) in [6.45, 7) is 0.689. The van der Waals surface area contributed by atoms with Crippen molar-refractivity contribution in [1.82, 2.24) is 0 Å². The number of aliphatic hydroxyl groups is 2. The third kappa shape index (κ3) is 4.17. The number of carbonyl (C=O) groups excluding carboxylic acids is 3. The van der Waals surface area contributed by atoms with Gasteiger partial charge >= 0.3 is 0 Å². The molecule has 1 heterocycles. The van der Waals surface area contributed by atoms with Crippen LogP contribution in [0.4, 0.5) is 0 Å². The fraction of sp³-hybridized carbons (Fsp3) is 0.444. The second-order valence-electron chi connectivity index (χ2n) is 10.3. The van der Waals surface area contributed by atoms with Gasteiger partial charge in [0.15, 0.2) is 17.9 Å². The predicted octanol–water partition coefficient (Wildman–Crippen LogP) is 0.775. The molecule has 4 unspecified atom stereocenters. The fourth-order valence-corrected chi connectivity index (χ4v) is 5.81. The largest absolute Gasteiger partial charge is 0.507 e. The van der Waals surface area contributed by atoms with Gasteiger partial charge in [0.25, 0.3) is 0 Å². The number of ketones is 3. The van der Waals surface area contributed by atoms with E-state index in [1.165, 1.54) is 25.3 Å². The van der Waals surface area contributed by atoms with E-state index in [-0.39, 0.29) is 34.4 Å². The minimum absolute atomic E-state index is 0.000711. The summed E-state index contributed by atoms with van der Waals surface area (Å²) >= 11 is 0. The first-order valence-corrected chi connectivity index (χ1v) is 12.6. The Morgan fingerprint density at radius 2 is 1.88 bits per heavy atom. The van der Waals surface area contributed by atoms with Crippen LogP contribution in [0.15, 0.2) is 23.4 Å². The Morgan fingerprint density at radius 1 is 1.18 bits per heavy atom. The van der Waals surface area contributed by atoms with Crippen molar-refractivity contribution >= 4 is 17.3 Å². The number of carbonyl (C=O) groups is 3. The van der Waals surface area contributed by atoms with Crippen LogP contribution in [0.25, 0.3) is 0 Å². The van der Waals surface area contributed by atoms with Gasteiger partial charge in [0.2, 0.25) is 5.78 Å². The Morgan fingerprint density at radius 3 is 2.52 bits per heavy atom. The number of benzene rings is 2. The van der Waals surface area contributed by atoms with Crippen LogP contribution in [0.3, 0.4) is 0 Å². The molecule has 1 saturated heterocycles. The SMILES string of the molecule is COc1cccc2c1C(=O)c1c(O)c3c(c(O)c1C2=O)C[C@@](O)(C(=O)CN=O)C[C@@H]3OC1CC(N)C(O)C(C)O1. The van der Waals surface area contributed by atoms with Crippen molar-refractivity contribution in [1.29, 1.82) is 0 Å². The van der Waals surface area contributed by atoms with Crippen LogP contribution < -0.4 is 10.5 Å². The van der Waals surface area contributed by atoms with Crippen molar-refractivity contribution in [3.05, 3.63) is 56.5 Å². The van der Waals surface area contributed by atoms with E-state index in [0.717, 1.165) is 0 Å². The number of nitroso groups, excluding NO2 is 1. The van der Waals surface area contributed by atoms with Gasteiger partial charge in [0, 0.05) is 42.0 Å². The highest BCUT2D eigenvalue weighted by molar-refractivity contribution is 6.31. The number of nitrogens with zero attached hydrogens (tertiary/aromatic N) is 1. The molecule has 1 fully saturated rings. The van der Waals surface area contributed by atoms with Crippen LogP contribution >= 0.6 is 0 Å². The van der Waals surface area contributed by atoms with Crippen LogP contribution in [-0.4, -0.2) is 81.6 Å². The average Bonchev–Trinajstić information content (AvgIpc) is 2.91. The topological polar surface area (TPSA) is 215 Å². The first-order valence-electron chi connectivity index (χ1n) is 12.6. The first-order chi connectivity index (χ1) is 18.9. The summed E-state index contributed by atoms with van der Waals surface area (Å²) in [6.07, 6.45) is -5.29. The Balaban J connectivity index is 1.69. The number of phenolic OH excluding ortho intramolecular Hbond substituents is 2. The summed E-state index contributed by atoms with van der Waals surface area (Å²) in [7, 11) is 1.32. The molecule has 13 nitrogen and oxygen atoms in total. The fourth-order valence-electron chi connectivity index (χ4n) is 5.81. The Labute approximate surface area is 227 Å². The maximum absolute atomic E-state index is 13.7. The van der Waals surface area contributed by atoms with Crippen molar-refractivity contribution in [3.8, 4) is 17.2 Å². The molecule has 13 heteroatoms. The highest BCUT2D eigenvalue weighted by Crippen LogP contribution is 2.52. The van der Waals surface area contributed by atoms with Crippen LogP contribution in [0.5, 0.6) is 17.2 Å². The maximum atomic E-state index is 13.7. The predicted molar refractivity (Wildman–Crippen MR) is 135 cm³/mol. The Bertz CT molecular complexity index is 1430. The van der Waals surface area contributed by atoms with Gasteiger partial charge in [0.05, 0.1) is 42.1 Å². The number of Topliss-reactive ketones (excluding diaryl/α,β-unsaturated/α-hetero) is 1. The van der Waals surface area contributed by atoms with Crippen molar-refractivity contribution in [2.75, 3.05) is 13.7 Å². The zero-order chi connectivity index (χ0) is 29.1. The lowest BCUT2D eigenvalue weighted by Gasteiger charge is -2.42. The first kappa shape index (κ1) is 27.8. The third-order valence-electron chi connectivity index (χ3n) is 7.87. The smallest absolute Gasteiger partial charge is 0.202 e. The standard InChI is InChI=1S/C27H28N2O11/c1-10-22(31)13(28)6-17(39-10)40-15-8-27(36,16(30)9-29-37)7-12-19(15)26(35)21-20(24(12)33)23(32)11-4-3-5-14(38-2)18(11)25(21)34/h3-5,10,13,15,17,22,31,33,35-36H,6-9,28H2,1-2H3/t10?,13?,15-,17?,22?,27-/m0/s1. The highest BCUT2D eigenvalue weighted by atomic mass is 16.7. The molecule has 2 aromatic carbocycles. The number of nitrogens with two attached hydrogens (primary N) is 1. The van der Waals surface area contributed by atoms with Crippen molar-refractivity contribution in [2.45, 2.75) is 62.4 Å². The summed E-state index contributed by atoms with van der Waals surface area (Å²) in [5.41, 5.74) is 2.23. The average molecular weight is 557 g/mol. The number of aromatic hydroxyl groups is 2. The molecule has 6 atom stereocenters. The monoisotopic (exact) mass is 556 g/mol. The lowest BCUT2D eigenvalue weighted by Crippen LogP contribution is -2.53. The van der Waals surface area contributed by atoms with Crippen molar-refractivity contribution in [2.24, 2.45) is 10.9 Å². The van der Waals surface area contributed by atoms with Gasteiger partial charge in [-0.2, -0.15) is 4.91 Å². The summed E-state index contributed by atoms with van der Waals surface area (Å²) in [5, 5.41) is 46.9. The van der Waals surface area contributed by atoms with E-state index < -0.39 is 95.6 Å². The highest BCUT2D eigenvalue weighted by Gasteiger charge is 2.50. The van der Waals surface area contributed by atoms with E-state index in [0.29, 0.717) is 0 Å². The number of ether oxygens (including phenoxy) is 3. The molecular formula is C27H28N2O11. The normalized spacial score (nSPS) is 29.3. The minimum atomic E-state index is -2.28. The molecule has 212 valence electrons. The van der Waals surface area contributed by atoms with E-state index in [1.807, 2.05) is 0 Å². The van der Waals surface area contributed by atoms with E-state index in [4.69, 9.17) is 19.9 Å². The molecular weight excluding hydrogens is 528 g/mol. The summed E-state index contributed by atoms with van der Waals surface area (Å²) < 4.78 is 17.0. The van der Waals surface area contributed by atoms with Gasteiger partial charge in [0.1, 0.15) is 29.4 Å². The van der Waals surface area contributed by atoms with Gasteiger partial charge in [-0.15, -0.1) is 0 Å². The zero-order valence-corrected chi connectivity index (χ0v) is 21.6.